The lowest BCUT2D eigenvalue weighted by atomic mass is 10.1. The fourth-order valence-electron chi connectivity index (χ4n) is 2.49. The maximum absolute atomic E-state index is 4.18. The molecule has 0 aliphatic heterocycles. The topological polar surface area (TPSA) is 29.9 Å². The fraction of sp³-hybridized carbons (Fsp3) is 0.769. The maximum atomic E-state index is 4.18. The Balaban J connectivity index is 0.00000144. The van der Waals surface area contributed by atoms with E-state index in [2.05, 4.69) is 16.6 Å². The molecule has 0 bridgehead atoms. The van der Waals surface area contributed by atoms with Crippen molar-refractivity contribution in [2.24, 2.45) is 7.05 Å². The lowest BCUT2D eigenvalue weighted by molar-refractivity contribution is 0.508. The molecule has 1 aliphatic carbocycles. The standard InChI is InChI=1S/C13H23N3.ClH/c1-16-11-12(10-15-16)6-4-5-9-14-13-7-2-3-8-13;/h10-11,13-14H,2-9H2,1H3;1H. The summed E-state index contributed by atoms with van der Waals surface area (Å²) < 4.78 is 1.88. The van der Waals surface area contributed by atoms with Crippen LogP contribution < -0.4 is 5.32 Å². The van der Waals surface area contributed by atoms with Crippen molar-refractivity contribution in [3.63, 3.8) is 0 Å². The SMILES string of the molecule is Cl.Cn1cc(CCCCNC2CCCC2)cn1. The summed E-state index contributed by atoms with van der Waals surface area (Å²) in [6.45, 7) is 1.19. The van der Waals surface area contributed by atoms with E-state index in [1.807, 2.05) is 17.9 Å². The summed E-state index contributed by atoms with van der Waals surface area (Å²) in [5.74, 6) is 0. The number of aromatic nitrogens is 2. The minimum Gasteiger partial charge on any atom is -0.314 e. The zero-order valence-electron chi connectivity index (χ0n) is 10.7. The van der Waals surface area contributed by atoms with Crippen molar-refractivity contribution in [1.82, 2.24) is 15.1 Å². The largest absolute Gasteiger partial charge is 0.314 e. The highest BCUT2D eigenvalue weighted by Gasteiger charge is 2.12. The predicted molar refractivity (Wildman–Crippen MR) is 73.7 cm³/mol. The van der Waals surface area contributed by atoms with Gasteiger partial charge >= 0.3 is 0 Å². The Morgan fingerprint density at radius 1 is 1.35 bits per heavy atom. The maximum Gasteiger partial charge on any atom is 0.0521 e. The molecule has 2 rings (SSSR count). The van der Waals surface area contributed by atoms with Crippen molar-refractivity contribution in [1.29, 1.82) is 0 Å². The van der Waals surface area contributed by atoms with Crippen LogP contribution in [0.3, 0.4) is 0 Å². The van der Waals surface area contributed by atoms with Gasteiger partial charge in [-0.2, -0.15) is 5.10 Å². The van der Waals surface area contributed by atoms with Gasteiger partial charge in [-0.25, -0.2) is 0 Å². The third-order valence-corrected chi connectivity index (χ3v) is 3.44. The van der Waals surface area contributed by atoms with E-state index >= 15 is 0 Å². The molecule has 0 saturated heterocycles. The monoisotopic (exact) mass is 257 g/mol. The summed E-state index contributed by atoms with van der Waals surface area (Å²) in [7, 11) is 1.98. The summed E-state index contributed by atoms with van der Waals surface area (Å²) in [5.41, 5.74) is 1.36. The number of halogens is 1. The van der Waals surface area contributed by atoms with Gasteiger partial charge in [-0.3, -0.25) is 4.68 Å². The van der Waals surface area contributed by atoms with Crippen molar-refractivity contribution in [3.8, 4) is 0 Å². The molecule has 0 amide bonds. The van der Waals surface area contributed by atoms with Gasteiger partial charge in [-0.1, -0.05) is 12.8 Å². The normalized spacial score (nSPS) is 16.1. The van der Waals surface area contributed by atoms with Gasteiger partial charge in [0.15, 0.2) is 0 Å². The number of hydrogen-bond acceptors (Lipinski definition) is 2. The van der Waals surface area contributed by atoms with E-state index in [0.717, 1.165) is 6.04 Å². The lowest BCUT2D eigenvalue weighted by Gasteiger charge is -2.10. The van der Waals surface area contributed by atoms with Crippen LogP contribution in [0.1, 0.15) is 44.1 Å². The van der Waals surface area contributed by atoms with E-state index in [4.69, 9.17) is 0 Å². The number of rotatable bonds is 6. The molecule has 1 aliphatic rings. The van der Waals surface area contributed by atoms with Crippen molar-refractivity contribution >= 4 is 12.4 Å². The molecule has 0 spiro atoms. The fourth-order valence-corrected chi connectivity index (χ4v) is 2.49. The Kier molecular flexibility index (Phi) is 6.60. The summed E-state index contributed by atoms with van der Waals surface area (Å²) >= 11 is 0. The Labute approximate surface area is 110 Å². The zero-order chi connectivity index (χ0) is 11.2. The number of unbranched alkanes of at least 4 members (excludes halogenated alkanes) is 1. The van der Waals surface area contributed by atoms with E-state index in [1.165, 1.54) is 57.1 Å². The zero-order valence-corrected chi connectivity index (χ0v) is 11.5. The smallest absolute Gasteiger partial charge is 0.0521 e. The van der Waals surface area contributed by atoms with Gasteiger partial charge in [-0.15, -0.1) is 12.4 Å². The van der Waals surface area contributed by atoms with Gasteiger partial charge in [0.2, 0.25) is 0 Å². The van der Waals surface area contributed by atoms with Crippen LogP contribution >= 0.6 is 12.4 Å². The molecular formula is C13H24ClN3. The second-order valence-corrected chi connectivity index (χ2v) is 4.91. The van der Waals surface area contributed by atoms with E-state index in [1.54, 1.807) is 0 Å². The van der Waals surface area contributed by atoms with Crippen LogP contribution in [0.15, 0.2) is 12.4 Å². The highest BCUT2D eigenvalue weighted by molar-refractivity contribution is 5.85. The average Bonchev–Trinajstić information content (AvgIpc) is 2.89. The molecular weight excluding hydrogens is 234 g/mol. The minimum atomic E-state index is 0. The molecule has 3 nitrogen and oxygen atoms in total. The Bertz CT molecular complexity index is 305. The molecule has 1 N–H and O–H groups in total. The molecule has 0 radical (unpaired) electrons. The molecule has 1 saturated carbocycles. The number of aryl methyl sites for hydroxylation is 2. The minimum absolute atomic E-state index is 0. The van der Waals surface area contributed by atoms with E-state index in [0.29, 0.717) is 0 Å². The van der Waals surface area contributed by atoms with Crippen LogP contribution in [0.4, 0.5) is 0 Å². The summed E-state index contributed by atoms with van der Waals surface area (Å²) in [4.78, 5) is 0. The summed E-state index contributed by atoms with van der Waals surface area (Å²) in [6.07, 6.45) is 13.4. The van der Waals surface area contributed by atoms with Gasteiger partial charge in [-0.05, 0) is 44.2 Å². The molecule has 1 aromatic heterocycles. The second kappa shape index (κ2) is 7.72. The van der Waals surface area contributed by atoms with Crippen molar-refractivity contribution in [2.75, 3.05) is 6.54 Å². The molecule has 0 aromatic carbocycles. The first kappa shape index (κ1) is 14.5. The van der Waals surface area contributed by atoms with E-state index in [-0.39, 0.29) is 12.4 Å². The molecule has 17 heavy (non-hydrogen) atoms. The second-order valence-electron chi connectivity index (χ2n) is 4.91. The van der Waals surface area contributed by atoms with Crippen LogP contribution in [0.5, 0.6) is 0 Å². The lowest BCUT2D eigenvalue weighted by Crippen LogP contribution is -2.26. The highest BCUT2D eigenvalue weighted by Crippen LogP contribution is 2.17. The Morgan fingerprint density at radius 2 is 2.12 bits per heavy atom. The molecule has 0 unspecified atom stereocenters. The predicted octanol–water partition coefficient (Wildman–Crippen LogP) is 2.70. The van der Waals surface area contributed by atoms with Crippen LogP contribution in [0.25, 0.3) is 0 Å². The van der Waals surface area contributed by atoms with Crippen LogP contribution in [0.2, 0.25) is 0 Å². The first-order chi connectivity index (χ1) is 7.84. The number of hydrogen-bond donors (Lipinski definition) is 1. The van der Waals surface area contributed by atoms with Crippen LogP contribution in [-0.2, 0) is 13.5 Å². The summed E-state index contributed by atoms with van der Waals surface area (Å²) in [5, 5.41) is 7.83. The molecule has 1 heterocycles. The van der Waals surface area contributed by atoms with Gasteiger partial charge in [0.05, 0.1) is 6.20 Å². The third-order valence-electron chi connectivity index (χ3n) is 3.44. The van der Waals surface area contributed by atoms with Crippen LogP contribution in [0, 0.1) is 0 Å². The van der Waals surface area contributed by atoms with Crippen molar-refractivity contribution in [3.05, 3.63) is 18.0 Å². The summed E-state index contributed by atoms with van der Waals surface area (Å²) in [6, 6.07) is 0.818. The third kappa shape index (κ3) is 5.09. The van der Waals surface area contributed by atoms with Crippen LogP contribution in [-0.4, -0.2) is 22.4 Å². The van der Waals surface area contributed by atoms with E-state index in [9.17, 15) is 0 Å². The number of nitrogens with one attached hydrogen (secondary N) is 1. The quantitative estimate of drug-likeness (QED) is 0.795. The van der Waals surface area contributed by atoms with Gasteiger partial charge in [0, 0.05) is 19.3 Å². The van der Waals surface area contributed by atoms with Crippen molar-refractivity contribution in [2.45, 2.75) is 51.0 Å². The van der Waals surface area contributed by atoms with Crippen molar-refractivity contribution < 1.29 is 0 Å². The van der Waals surface area contributed by atoms with E-state index < -0.39 is 0 Å². The highest BCUT2D eigenvalue weighted by atomic mass is 35.5. The van der Waals surface area contributed by atoms with Gasteiger partial charge < -0.3 is 5.32 Å². The van der Waals surface area contributed by atoms with Gasteiger partial charge in [0.1, 0.15) is 0 Å². The Morgan fingerprint density at radius 3 is 2.76 bits per heavy atom. The Hall–Kier alpha value is -0.540. The number of nitrogens with zero attached hydrogens (tertiary/aromatic N) is 2. The molecule has 0 atom stereocenters. The molecule has 1 fully saturated rings. The molecule has 4 heteroatoms. The molecule has 98 valence electrons. The van der Waals surface area contributed by atoms with Gasteiger partial charge in [0.25, 0.3) is 0 Å². The molecule has 1 aromatic rings. The first-order valence-corrected chi connectivity index (χ1v) is 6.55. The average molecular weight is 258 g/mol. The first-order valence-electron chi connectivity index (χ1n) is 6.55.